The molecule has 0 radical (unpaired) electrons. The SMILES string of the molecule is CC(C)(C)OC(=O)N1C[C@@H](CCC(Cc2cccc(S(N)(=O)=O)n2)c2cc(Br)ccn2)CC1(C)C.CC(C)(C)OC(=O)N1C[C@@H](CCC(Nc2cccc(S(=O)(=O)NC(=O)c3ccc(C(C)(C)C)nc3F)n2)c2cc(Br)ccn2)CC1(C)C.CC(C)(C)c1ccc(C(=O)O)c(F)n1. The van der Waals surface area contributed by atoms with Crippen LogP contribution in [0.25, 0.3) is 0 Å². The molecule has 6 aromatic rings. The van der Waals surface area contributed by atoms with Crippen LogP contribution >= 0.6 is 31.9 Å². The molecule has 528 valence electrons. The third-order valence-corrected chi connectivity index (χ3v) is 19.0. The molecule has 2 unspecified atom stereocenters. The Bertz CT molecular complexity index is 4050. The van der Waals surface area contributed by atoms with Crippen molar-refractivity contribution >= 4 is 81.8 Å². The molecule has 3 amide bonds. The summed E-state index contributed by atoms with van der Waals surface area (Å²) in [5, 5.41) is 16.6. The van der Waals surface area contributed by atoms with Crippen molar-refractivity contribution in [1.29, 1.82) is 0 Å². The lowest BCUT2D eigenvalue weighted by molar-refractivity contribution is 0.0118. The number of likely N-dealkylation sites (tertiary alicyclic amines) is 2. The van der Waals surface area contributed by atoms with Crippen LogP contribution in [0.15, 0.2) is 116 Å². The van der Waals surface area contributed by atoms with E-state index in [0.29, 0.717) is 54.6 Å². The Balaban J connectivity index is 0.000000263. The van der Waals surface area contributed by atoms with Gasteiger partial charge in [0.25, 0.3) is 26.0 Å². The molecule has 2 aliphatic heterocycles. The normalized spacial score (nSPS) is 17.0. The zero-order valence-electron chi connectivity index (χ0n) is 57.9. The van der Waals surface area contributed by atoms with Crippen molar-refractivity contribution in [3.05, 3.63) is 158 Å². The van der Waals surface area contributed by atoms with Crippen molar-refractivity contribution in [2.75, 3.05) is 18.4 Å². The second kappa shape index (κ2) is 31.4. The molecule has 28 heteroatoms. The number of nitrogens with one attached hydrogen (secondary N) is 2. The number of sulfonamides is 2. The number of carbonyl (C=O) groups excluding carboxylic acids is 3. The van der Waals surface area contributed by atoms with Gasteiger partial charge in [-0.1, -0.05) is 85.5 Å². The largest absolute Gasteiger partial charge is 0.478 e. The second-order valence-corrected chi connectivity index (χ2v) is 34.6. The molecule has 0 bridgehead atoms. The number of hydrogen-bond acceptors (Lipinski definition) is 17. The molecule has 6 aromatic heterocycles. The summed E-state index contributed by atoms with van der Waals surface area (Å²) in [7, 11) is -8.36. The fraction of sp³-hybridized carbons (Fsp3) is 0.507. The van der Waals surface area contributed by atoms with Crippen molar-refractivity contribution in [2.24, 2.45) is 17.0 Å². The minimum atomic E-state index is -4.48. The predicted octanol–water partition coefficient (Wildman–Crippen LogP) is 14.4. The number of hydrogen-bond donors (Lipinski definition) is 4. The highest BCUT2D eigenvalue weighted by atomic mass is 79.9. The first kappa shape index (κ1) is 78.9. The van der Waals surface area contributed by atoms with E-state index in [1.165, 1.54) is 42.5 Å². The van der Waals surface area contributed by atoms with E-state index < -0.39 is 76.6 Å². The van der Waals surface area contributed by atoms with Crippen LogP contribution in [0.2, 0.25) is 0 Å². The number of nitrogens with zero attached hydrogens (tertiary/aromatic N) is 8. The summed E-state index contributed by atoms with van der Waals surface area (Å²) < 4.78 is 92.8. The number of amides is 3. The Hall–Kier alpha value is -7.14. The third kappa shape index (κ3) is 23.2. The summed E-state index contributed by atoms with van der Waals surface area (Å²) in [5.74, 6) is -3.68. The molecule has 0 aromatic carbocycles. The molecule has 8 heterocycles. The van der Waals surface area contributed by atoms with E-state index in [2.05, 4.69) is 80.9 Å². The van der Waals surface area contributed by atoms with Gasteiger partial charge in [-0.15, -0.1) is 0 Å². The monoisotopic (exact) mass is 1510 g/mol. The molecule has 4 atom stereocenters. The number of halogens is 4. The summed E-state index contributed by atoms with van der Waals surface area (Å²) in [6.07, 6.45) is 8.02. The Morgan fingerprint density at radius 3 is 1.57 bits per heavy atom. The number of carboxylic acid groups (broad SMARTS) is 1. The molecule has 97 heavy (non-hydrogen) atoms. The highest BCUT2D eigenvalue weighted by molar-refractivity contribution is 9.10. The van der Waals surface area contributed by atoms with Crippen LogP contribution in [-0.4, -0.2) is 121 Å². The van der Waals surface area contributed by atoms with Gasteiger partial charge >= 0.3 is 18.2 Å². The molecular weight excluding hydrogens is 1420 g/mol. The maximum absolute atomic E-state index is 14.7. The van der Waals surface area contributed by atoms with E-state index in [4.69, 9.17) is 19.7 Å². The molecule has 5 N–H and O–H groups in total. The van der Waals surface area contributed by atoms with E-state index in [1.807, 2.05) is 137 Å². The van der Waals surface area contributed by atoms with Gasteiger partial charge in [-0.05, 0) is 199 Å². The first-order valence-electron chi connectivity index (χ1n) is 31.7. The zero-order valence-corrected chi connectivity index (χ0v) is 62.7. The lowest BCUT2D eigenvalue weighted by atomic mass is 9.87. The summed E-state index contributed by atoms with van der Waals surface area (Å²) in [6.45, 7) is 31.7. The van der Waals surface area contributed by atoms with E-state index in [9.17, 15) is 44.8 Å². The standard InChI is InChI=1S/C34H44BrFN6O5S.C25H35BrN4O4S.C10H12FNO2/c1-32(2,3)26-15-13-23(29(36)39-26)30(43)41-48(45,46)28-11-9-10-27(40-28)38-24(25-18-22(35)16-17-37-25)14-12-21-19-34(7,8)42(20-21)31(44)47-33(4,5)6;1-24(2,3)34-23(31)30-16-17(15-25(30,4)5)9-10-18(21-14-19(26)11-12-28-21)13-20-7-6-8-22(29-20)35(27,32)33;1-10(2,3)7-5-4-6(9(13)14)8(11)12-7/h9-11,13,15-18,21,24H,12,14,19-20H2,1-8H3,(H,38,40)(H,41,43);6-8,11-12,14,17-18H,9-10,13,15-16H2,1-5H3,(H2,27,32,33);4-5H,1-3H3,(H,13,14)/t21-,24?;17-,18?;/m00./s1. The van der Waals surface area contributed by atoms with E-state index in [-0.39, 0.29) is 57.4 Å². The second-order valence-electron chi connectivity index (χ2n) is 29.7. The number of aromatic nitrogens is 6. The maximum Gasteiger partial charge on any atom is 0.410 e. The number of primary sulfonamides is 1. The van der Waals surface area contributed by atoms with Crippen LogP contribution < -0.4 is 15.2 Å². The lowest BCUT2D eigenvalue weighted by Crippen LogP contribution is -2.45. The summed E-state index contributed by atoms with van der Waals surface area (Å²) in [4.78, 5) is 77.9. The molecule has 2 saturated heterocycles. The van der Waals surface area contributed by atoms with Gasteiger partial charge in [0.15, 0.2) is 10.1 Å². The number of anilines is 1. The lowest BCUT2D eigenvalue weighted by Gasteiger charge is -2.33. The Morgan fingerprint density at radius 1 is 0.639 bits per heavy atom. The summed E-state index contributed by atoms with van der Waals surface area (Å²) >= 11 is 7.03. The Morgan fingerprint density at radius 2 is 1.10 bits per heavy atom. The molecular formula is C69H91Br2F2N11O11S2. The van der Waals surface area contributed by atoms with Crippen molar-refractivity contribution in [3.8, 4) is 0 Å². The van der Waals surface area contributed by atoms with E-state index in [0.717, 1.165) is 46.7 Å². The number of carbonyl (C=O) groups is 4. The molecule has 8 rings (SSSR count). The van der Waals surface area contributed by atoms with Gasteiger partial charge in [0.2, 0.25) is 11.9 Å². The fourth-order valence-corrected chi connectivity index (χ4v) is 13.4. The third-order valence-electron chi connectivity index (χ3n) is 16.0. The first-order valence-corrected chi connectivity index (χ1v) is 36.3. The summed E-state index contributed by atoms with van der Waals surface area (Å²) in [6, 6.07) is 21.9. The van der Waals surface area contributed by atoms with Crippen LogP contribution in [0.5, 0.6) is 0 Å². The highest BCUT2D eigenvalue weighted by Crippen LogP contribution is 2.40. The van der Waals surface area contributed by atoms with Gasteiger partial charge in [-0.25, -0.2) is 52.6 Å². The average Bonchev–Trinajstić information content (AvgIpc) is 1.64. The molecule has 0 saturated carbocycles. The quantitative estimate of drug-likeness (QED) is 0.0617. The van der Waals surface area contributed by atoms with Crippen LogP contribution in [0.1, 0.15) is 210 Å². The number of carboxylic acids is 1. The van der Waals surface area contributed by atoms with Gasteiger partial charge in [-0.2, -0.15) is 17.2 Å². The molecule has 2 fully saturated rings. The number of pyridine rings is 6. The fourth-order valence-electron chi connectivity index (χ4n) is 11.2. The van der Waals surface area contributed by atoms with Gasteiger partial charge in [0.05, 0.1) is 17.3 Å². The predicted molar refractivity (Wildman–Crippen MR) is 373 cm³/mol. The summed E-state index contributed by atoms with van der Waals surface area (Å²) in [5.41, 5.74) is -0.227. The smallest absolute Gasteiger partial charge is 0.410 e. The average molecular weight is 1510 g/mol. The van der Waals surface area contributed by atoms with E-state index >= 15 is 0 Å². The number of ether oxygens (including phenoxy) is 2. The van der Waals surface area contributed by atoms with Gasteiger partial charge in [-0.3, -0.25) is 14.8 Å². The highest BCUT2D eigenvalue weighted by Gasteiger charge is 2.45. The molecule has 0 spiro atoms. The number of nitrogens with two attached hydrogens (primary N) is 1. The Labute approximate surface area is 585 Å². The van der Waals surface area contributed by atoms with Crippen molar-refractivity contribution < 1.29 is 59.4 Å². The molecule has 22 nitrogen and oxygen atoms in total. The van der Waals surface area contributed by atoms with E-state index in [1.54, 1.807) is 29.4 Å². The first-order chi connectivity index (χ1) is 44.6. The van der Waals surface area contributed by atoms with Crippen LogP contribution in [0, 0.1) is 23.7 Å². The van der Waals surface area contributed by atoms with Crippen LogP contribution in [-0.2, 0) is 46.8 Å². The van der Waals surface area contributed by atoms with Crippen molar-refractivity contribution in [1.82, 2.24) is 44.4 Å². The van der Waals surface area contributed by atoms with Crippen molar-refractivity contribution in [2.45, 2.75) is 211 Å². The Kier molecular flexibility index (Phi) is 25.5. The topological polar surface area (TPSA) is 309 Å². The van der Waals surface area contributed by atoms with Crippen molar-refractivity contribution in [3.63, 3.8) is 0 Å². The molecule has 0 aliphatic carbocycles. The van der Waals surface area contributed by atoms with Crippen LogP contribution in [0.3, 0.4) is 0 Å². The minimum absolute atomic E-state index is 0.0226. The minimum Gasteiger partial charge on any atom is -0.478 e. The van der Waals surface area contributed by atoms with Crippen LogP contribution in [0.4, 0.5) is 24.2 Å². The van der Waals surface area contributed by atoms with Gasteiger partial charge in [0, 0.05) is 85.0 Å². The van der Waals surface area contributed by atoms with Gasteiger partial charge in [0.1, 0.15) is 22.6 Å². The van der Waals surface area contributed by atoms with Gasteiger partial charge < -0.3 is 29.7 Å². The molecule has 2 aliphatic rings. The number of aromatic carboxylic acids is 1. The number of rotatable bonds is 17. The zero-order chi connectivity index (χ0) is 72.6. The maximum atomic E-state index is 14.7.